The number of aryl methyl sites for hydroxylation is 4. The van der Waals surface area contributed by atoms with Crippen LogP contribution in [-0.2, 0) is 5.75 Å². The van der Waals surface area contributed by atoms with Crippen molar-refractivity contribution in [3.8, 4) is 5.75 Å². The normalized spacial score (nSPS) is 11.1. The number of carbonyl (C=O) groups excluding carboxylic acids is 1. The van der Waals surface area contributed by atoms with Gasteiger partial charge in [0.25, 0.3) is 11.5 Å². The molecule has 3 N–H and O–H groups in total. The third-order valence-electron chi connectivity index (χ3n) is 5.17. The second kappa shape index (κ2) is 8.80. The van der Waals surface area contributed by atoms with Crippen LogP contribution in [0.5, 0.6) is 5.75 Å². The average Bonchev–Trinajstić information content (AvgIpc) is 3.07. The van der Waals surface area contributed by atoms with Gasteiger partial charge in [0.2, 0.25) is 0 Å². The van der Waals surface area contributed by atoms with Crippen LogP contribution >= 0.6 is 23.1 Å². The molecule has 0 bridgehead atoms. The number of benzene rings is 2. The van der Waals surface area contributed by atoms with Gasteiger partial charge in [0.05, 0.1) is 21.7 Å². The Morgan fingerprint density at radius 1 is 1.12 bits per heavy atom. The second-order valence-corrected chi connectivity index (χ2v) is 9.80. The van der Waals surface area contributed by atoms with Gasteiger partial charge in [-0.3, -0.25) is 9.59 Å². The zero-order chi connectivity index (χ0) is 23.0. The number of aromatic hydroxyl groups is 1. The third kappa shape index (κ3) is 4.42. The molecule has 4 aromatic rings. The maximum atomic E-state index is 12.9. The molecule has 0 spiro atoms. The van der Waals surface area contributed by atoms with Crippen molar-refractivity contribution in [1.82, 2.24) is 9.97 Å². The lowest BCUT2D eigenvalue weighted by Gasteiger charge is -2.07. The fourth-order valence-electron chi connectivity index (χ4n) is 3.41. The fraction of sp³-hybridized carbons (Fsp3) is 0.208. The number of hydrogen-bond acceptors (Lipinski definition) is 6. The molecular formula is C24H23N3O3S2. The van der Waals surface area contributed by atoms with E-state index in [9.17, 15) is 14.7 Å². The van der Waals surface area contributed by atoms with Gasteiger partial charge >= 0.3 is 0 Å². The lowest BCUT2D eigenvalue weighted by Crippen LogP contribution is -2.13. The number of aromatic nitrogens is 2. The van der Waals surface area contributed by atoms with Gasteiger partial charge in [-0.05, 0) is 62.6 Å². The largest absolute Gasteiger partial charge is 0.506 e. The van der Waals surface area contributed by atoms with Crippen LogP contribution in [0.15, 0.2) is 46.1 Å². The molecule has 32 heavy (non-hydrogen) atoms. The van der Waals surface area contributed by atoms with Gasteiger partial charge in [-0.25, -0.2) is 4.98 Å². The molecule has 164 valence electrons. The summed E-state index contributed by atoms with van der Waals surface area (Å²) in [5, 5.41) is 13.2. The first-order chi connectivity index (χ1) is 15.2. The first kappa shape index (κ1) is 22.1. The highest BCUT2D eigenvalue weighted by atomic mass is 32.2. The number of H-pyrrole nitrogens is 1. The van der Waals surface area contributed by atoms with Crippen LogP contribution in [0.2, 0.25) is 0 Å². The summed E-state index contributed by atoms with van der Waals surface area (Å²) in [6.45, 7) is 7.70. The Morgan fingerprint density at radius 2 is 1.84 bits per heavy atom. The van der Waals surface area contributed by atoms with Gasteiger partial charge in [0.1, 0.15) is 16.4 Å². The molecule has 0 fully saturated rings. The van der Waals surface area contributed by atoms with Gasteiger partial charge in [0.15, 0.2) is 0 Å². The Labute approximate surface area is 193 Å². The number of hydrogen-bond donors (Lipinski definition) is 3. The van der Waals surface area contributed by atoms with Crippen molar-refractivity contribution in [2.24, 2.45) is 0 Å². The van der Waals surface area contributed by atoms with E-state index in [4.69, 9.17) is 0 Å². The average molecular weight is 466 g/mol. The number of phenols is 1. The molecule has 6 nitrogen and oxygen atoms in total. The Morgan fingerprint density at radius 3 is 2.59 bits per heavy atom. The molecule has 2 heterocycles. The van der Waals surface area contributed by atoms with Gasteiger partial charge in [-0.1, -0.05) is 23.8 Å². The molecule has 0 aliphatic carbocycles. The number of anilines is 1. The minimum atomic E-state index is -0.379. The maximum absolute atomic E-state index is 12.9. The van der Waals surface area contributed by atoms with E-state index in [1.54, 1.807) is 36.9 Å². The molecule has 0 saturated carbocycles. The summed E-state index contributed by atoms with van der Waals surface area (Å²) < 4.78 is 0. The molecule has 0 unspecified atom stereocenters. The maximum Gasteiger partial charge on any atom is 0.266 e. The first-order valence-corrected chi connectivity index (χ1v) is 11.9. The molecule has 0 aliphatic heterocycles. The van der Waals surface area contributed by atoms with E-state index in [-0.39, 0.29) is 17.2 Å². The smallest absolute Gasteiger partial charge is 0.266 e. The van der Waals surface area contributed by atoms with E-state index in [0.29, 0.717) is 37.9 Å². The van der Waals surface area contributed by atoms with E-state index in [0.717, 1.165) is 10.5 Å². The predicted molar refractivity (Wildman–Crippen MR) is 131 cm³/mol. The SMILES string of the molecule is Cc1ccc(NC(=O)c2sc3nc(CSc4cc(C)ccc4C)[nH]c(=O)c3c2C)c(O)c1. The van der Waals surface area contributed by atoms with Crippen molar-refractivity contribution in [2.75, 3.05) is 5.32 Å². The number of carbonyl (C=O) groups is 1. The van der Waals surface area contributed by atoms with Crippen LogP contribution in [0.3, 0.4) is 0 Å². The Hall–Kier alpha value is -3.10. The number of thioether (sulfide) groups is 1. The molecular weight excluding hydrogens is 442 g/mol. The Balaban J connectivity index is 1.61. The molecule has 0 atom stereocenters. The Bertz CT molecular complexity index is 1410. The van der Waals surface area contributed by atoms with Gasteiger partial charge in [-0.15, -0.1) is 23.1 Å². The van der Waals surface area contributed by atoms with Crippen molar-refractivity contribution in [3.63, 3.8) is 0 Å². The summed E-state index contributed by atoms with van der Waals surface area (Å²) in [5.41, 5.74) is 3.90. The number of fused-ring (bicyclic) bond motifs is 1. The summed E-state index contributed by atoms with van der Waals surface area (Å²) in [5.74, 6) is 0.706. The highest BCUT2D eigenvalue weighted by molar-refractivity contribution is 7.98. The van der Waals surface area contributed by atoms with Crippen LogP contribution in [0.25, 0.3) is 10.2 Å². The zero-order valence-corrected chi connectivity index (χ0v) is 19.8. The second-order valence-electron chi connectivity index (χ2n) is 7.78. The number of phenolic OH excluding ortho intramolecular Hbond substituents is 1. The number of nitrogens with zero attached hydrogens (tertiary/aromatic N) is 1. The lowest BCUT2D eigenvalue weighted by atomic mass is 10.2. The molecule has 4 rings (SSSR count). The summed E-state index contributed by atoms with van der Waals surface area (Å²) >= 11 is 2.80. The summed E-state index contributed by atoms with van der Waals surface area (Å²) in [6, 6.07) is 11.3. The first-order valence-electron chi connectivity index (χ1n) is 10.1. The van der Waals surface area contributed by atoms with E-state index in [2.05, 4.69) is 40.4 Å². The summed E-state index contributed by atoms with van der Waals surface area (Å²) in [4.78, 5) is 35.2. The highest BCUT2D eigenvalue weighted by Gasteiger charge is 2.20. The minimum absolute atomic E-state index is 0.00107. The summed E-state index contributed by atoms with van der Waals surface area (Å²) in [6.07, 6.45) is 0. The Kier molecular flexibility index (Phi) is 6.08. The van der Waals surface area contributed by atoms with Gasteiger partial charge in [0, 0.05) is 4.90 Å². The molecule has 8 heteroatoms. The molecule has 0 aliphatic rings. The molecule has 0 saturated heterocycles. The lowest BCUT2D eigenvalue weighted by molar-refractivity contribution is 0.102. The number of aromatic amines is 1. The van der Waals surface area contributed by atoms with Crippen LogP contribution in [0, 0.1) is 27.7 Å². The van der Waals surface area contributed by atoms with Crippen molar-refractivity contribution in [1.29, 1.82) is 0 Å². The fourth-order valence-corrected chi connectivity index (χ4v) is 5.50. The minimum Gasteiger partial charge on any atom is -0.506 e. The van der Waals surface area contributed by atoms with E-state index in [1.165, 1.54) is 22.5 Å². The van der Waals surface area contributed by atoms with Crippen LogP contribution in [-0.4, -0.2) is 21.0 Å². The van der Waals surface area contributed by atoms with Crippen molar-refractivity contribution in [3.05, 3.63) is 79.7 Å². The van der Waals surface area contributed by atoms with E-state index >= 15 is 0 Å². The number of nitrogens with one attached hydrogen (secondary N) is 2. The number of thiophene rings is 1. The van der Waals surface area contributed by atoms with Crippen LogP contribution in [0.4, 0.5) is 5.69 Å². The molecule has 2 aromatic carbocycles. The van der Waals surface area contributed by atoms with Gasteiger partial charge < -0.3 is 15.4 Å². The topological polar surface area (TPSA) is 95.1 Å². The third-order valence-corrected chi connectivity index (χ3v) is 7.52. The number of rotatable bonds is 5. The van der Waals surface area contributed by atoms with Crippen molar-refractivity contribution < 1.29 is 9.90 Å². The van der Waals surface area contributed by atoms with Crippen LogP contribution in [0.1, 0.15) is 37.7 Å². The van der Waals surface area contributed by atoms with E-state index in [1.807, 2.05) is 13.8 Å². The standard InChI is InChI=1S/C24H23N3O3S2/c1-12-6-8-16(17(28)9-12)25-23(30)21-15(4)20-22(29)26-19(27-24(20)32-21)11-31-18-10-13(2)5-7-14(18)3/h5-10,28H,11H2,1-4H3,(H,25,30)(H,26,27,29). The molecule has 2 aromatic heterocycles. The number of amides is 1. The summed E-state index contributed by atoms with van der Waals surface area (Å²) in [7, 11) is 0. The van der Waals surface area contributed by atoms with Crippen molar-refractivity contribution in [2.45, 2.75) is 38.3 Å². The highest BCUT2D eigenvalue weighted by Crippen LogP contribution is 2.31. The van der Waals surface area contributed by atoms with Crippen LogP contribution < -0.4 is 10.9 Å². The molecule has 0 radical (unpaired) electrons. The predicted octanol–water partition coefficient (Wildman–Crippen LogP) is 5.47. The van der Waals surface area contributed by atoms with Crippen molar-refractivity contribution >= 4 is 44.9 Å². The monoisotopic (exact) mass is 465 g/mol. The zero-order valence-electron chi connectivity index (χ0n) is 18.2. The van der Waals surface area contributed by atoms with Gasteiger partial charge in [-0.2, -0.15) is 0 Å². The quantitative estimate of drug-likeness (QED) is 0.268. The molecule has 1 amide bonds. The van der Waals surface area contributed by atoms with E-state index < -0.39 is 0 Å².